The third-order valence-corrected chi connectivity index (χ3v) is 8.83. The maximum absolute atomic E-state index is 14.5. The fourth-order valence-corrected chi connectivity index (χ4v) is 6.57. The number of fused-ring (bicyclic) bond motifs is 2. The summed E-state index contributed by atoms with van der Waals surface area (Å²) in [5.74, 6) is -4.74. The predicted molar refractivity (Wildman–Crippen MR) is 162 cm³/mol. The van der Waals surface area contributed by atoms with E-state index >= 15 is 0 Å². The van der Waals surface area contributed by atoms with Gasteiger partial charge in [-0.15, -0.1) is 0 Å². The normalized spacial score (nSPS) is 21.0. The van der Waals surface area contributed by atoms with Crippen LogP contribution in [-0.2, 0) is 17.8 Å². The van der Waals surface area contributed by atoms with Crippen molar-refractivity contribution in [3.63, 3.8) is 0 Å². The fourth-order valence-electron chi connectivity index (χ4n) is 6.30. The van der Waals surface area contributed by atoms with Gasteiger partial charge in [0.1, 0.15) is 24.3 Å². The lowest BCUT2D eigenvalue weighted by Gasteiger charge is -2.41. The van der Waals surface area contributed by atoms with E-state index < -0.39 is 42.1 Å². The average Bonchev–Trinajstić information content (AvgIpc) is 3.38. The van der Waals surface area contributed by atoms with Crippen molar-refractivity contribution in [3.05, 3.63) is 76.3 Å². The summed E-state index contributed by atoms with van der Waals surface area (Å²) in [7, 11) is 0. The van der Waals surface area contributed by atoms with Gasteiger partial charge in [-0.1, -0.05) is 36.4 Å². The van der Waals surface area contributed by atoms with Gasteiger partial charge < -0.3 is 29.6 Å². The number of hydrogen-bond acceptors (Lipinski definition) is 7. The molecule has 1 aromatic heterocycles. The number of nitrogens with one attached hydrogen (secondary N) is 1. The topological polar surface area (TPSA) is 78.2 Å². The lowest BCUT2D eigenvalue weighted by molar-refractivity contribution is -0.131. The Kier molecular flexibility index (Phi) is 8.45. The number of carbonyl (C=O) groups excluding carboxylic acids is 1. The molecule has 45 heavy (non-hydrogen) atoms. The monoisotopic (exact) mass is 643 g/mol. The molecule has 0 saturated carbocycles. The molecule has 9 nitrogen and oxygen atoms in total. The Balaban J connectivity index is 1.34. The number of carbonyl (C=O) groups is 1. The van der Waals surface area contributed by atoms with Crippen LogP contribution < -0.4 is 19.9 Å². The van der Waals surface area contributed by atoms with Gasteiger partial charge in [0.05, 0.1) is 23.8 Å². The van der Waals surface area contributed by atoms with E-state index in [1.807, 2.05) is 28.0 Å². The van der Waals surface area contributed by atoms with Gasteiger partial charge in [0.25, 0.3) is 11.8 Å². The Bertz CT molecular complexity index is 1700. The fraction of sp³-hybridized carbons (Fsp3) is 0.419. The Hall–Kier alpha value is -4.15. The summed E-state index contributed by atoms with van der Waals surface area (Å²) in [6.45, 7) is 11.5. The minimum absolute atomic E-state index is 0.00184. The van der Waals surface area contributed by atoms with Crippen LogP contribution in [0.25, 0.3) is 15.6 Å². The van der Waals surface area contributed by atoms with Crippen LogP contribution in [0.15, 0.2) is 42.7 Å². The van der Waals surface area contributed by atoms with Crippen molar-refractivity contribution in [2.24, 2.45) is 0 Å². The lowest BCUT2D eigenvalue weighted by Crippen LogP contribution is -2.57. The van der Waals surface area contributed by atoms with E-state index in [-0.39, 0.29) is 43.7 Å². The molecule has 1 N–H and O–H groups in total. The highest BCUT2D eigenvalue weighted by atomic mass is 35.5. The summed E-state index contributed by atoms with van der Waals surface area (Å²) in [4.78, 5) is 30.6. The molecule has 0 unspecified atom stereocenters. The summed E-state index contributed by atoms with van der Waals surface area (Å²) in [6.07, 6.45) is 0.129. The first-order valence-electron chi connectivity index (χ1n) is 14.5. The van der Waals surface area contributed by atoms with Crippen LogP contribution >= 0.6 is 11.6 Å². The zero-order valence-electron chi connectivity index (χ0n) is 24.2. The predicted octanol–water partition coefficient (Wildman–Crippen LogP) is 4.78. The molecule has 1 amide bonds. The first kappa shape index (κ1) is 30.9. The molecular formula is C31H30ClF4N7O2. The molecule has 6 rings (SSSR count). The highest BCUT2D eigenvalue weighted by Crippen LogP contribution is 2.38. The number of aromatic nitrogens is 2. The summed E-state index contributed by atoms with van der Waals surface area (Å²) in [5, 5.41) is 4.15. The largest absolute Gasteiger partial charge is 0.462 e. The van der Waals surface area contributed by atoms with Crippen LogP contribution in [0.2, 0.25) is 5.02 Å². The standard InChI is InChI=1S/C31H30ClF4N7O2/c1-18(33)29(44)43-11-10-42(14-21(43)13-37-2)28-22-8-9-41(25-5-3-4-19-6-7-23(34)27(32)26(19)25)15-24(22)39-30(40-28)45-16-20-12-31(35,36)17-38-20/h3-7,20-21,38H,1,8-17H2/t20-,21-/m0/s1. The average molecular weight is 644 g/mol. The Morgan fingerprint density at radius 1 is 1.20 bits per heavy atom. The number of ether oxygens (including phenoxy) is 1. The van der Waals surface area contributed by atoms with Crippen LogP contribution in [0.1, 0.15) is 17.7 Å². The molecule has 0 aliphatic carbocycles. The van der Waals surface area contributed by atoms with Crippen molar-refractivity contribution >= 4 is 39.8 Å². The Morgan fingerprint density at radius 3 is 2.76 bits per heavy atom. The second-order valence-corrected chi connectivity index (χ2v) is 11.8. The number of alkyl halides is 2. The number of benzene rings is 2. The number of amides is 1. The zero-order valence-corrected chi connectivity index (χ0v) is 25.0. The van der Waals surface area contributed by atoms with Gasteiger partial charge in [-0.3, -0.25) is 4.79 Å². The number of rotatable bonds is 7. The smallest absolute Gasteiger partial charge is 0.318 e. The first-order valence-corrected chi connectivity index (χ1v) is 14.9. The molecule has 2 aromatic carbocycles. The van der Waals surface area contributed by atoms with E-state index in [0.717, 1.165) is 16.6 Å². The lowest BCUT2D eigenvalue weighted by atomic mass is 10.0. The maximum Gasteiger partial charge on any atom is 0.318 e. The summed E-state index contributed by atoms with van der Waals surface area (Å²) in [5.41, 5.74) is 2.20. The number of nitrogens with zero attached hydrogens (tertiary/aromatic N) is 6. The van der Waals surface area contributed by atoms with Gasteiger partial charge in [0.2, 0.25) is 6.54 Å². The molecule has 14 heteroatoms. The molecule has 2 atom stereocenters. The maximum atomic E-state index is 14.5. The van der Waals surface area contributed by atoms with E-state index in [0.29, 0.717) is 43.0 Å². The molecule has 3 aromatic rings. The minimum atomic E-state index is -2.82. The van der Waals surface area contributed by atoms with Gasteiger partial charge >= 0.3 is 6.01 Å². The highest BCUT2D eigenvalue weighted by molar-refractivity contribution is 6.36. The molecule has 3 aliphatic heterocycles. The molecule has 0 bridgehead atoms. The van der Waals surface area contributed by atoms with Crippen molar-refractivity contribution in [1.29, 1.82) is 0 Å². The number of anilines is 2. The molecule has 4 heterocycles. The van der Waals surface area contributed by atoms with Gasteiger partial charge in [-0.25, -0.2) is 24.1 Å². The van der Waals surface area contributed by atoms with Crippen LogP contribution in [-0.4, -0.2) is 84.7 Å². The third kappa shape index (κ3) is 6.21. The van der Waals surface area contributed by atoms with Crippen molar-refractivity contribution in [2.45, 2.75) is 37.4 Å². The summed E-state index contributed by atoms with van der Waals surface area (Å²) < 4.78 is 61.7. The van der Waals surface area contributed by atoms with Crippen LogP contribution in [0.4, 0.5) is 29.1 Å². The molecule has 0 spiro atoms. The Labute approximate surface area is 262 Å². The SMILES string of the molecule is [C-]#[N+]C[C@H]1CN(c2nc(OC[C@@H]3CC(F)(F)CN3)nc3c2CCN(c2cccc4ccc(F)c(Cl)c24)C3)CCN1C(=O)C(=C)F. The van der Waals surface area contributed by atoms with Crippen molar-refractivity contribution < 1.29 is 27.1 Å². The minimum Gasteiger partial charge on any atom is -0.462 e. The number of halogens is 5. The van der Waals surface area contributed by atoms with E-state index in [1.54, 1.807) is 6.07 Å². The second-order valence-electron chi connectivity index (χ2n) is 11.5. The number of hydrogen-bond donors (Lipinski definition) is 1. The van der Waals surface area contributed by atoms with Crippen molar-refractivity contribution in [1.82, 2.24) is 20.2 Å². The summed E-state index contributed by atoms with van der Waals surface area (Å²) >= 11 is 6.43. The quantitative estimate of drug-likeness (QED) is 0.226. The Morgan fingerprint density at radius 2 is 2.02 bits per heavy atom. The summed E-state index contributed by atoms with van der Waals surface area (Å²) in [6, 6.07) is 7.41. The van der Waals surface area contributed by atoms with Crippen LogP contribution in [0.5, 0.6) is 6.01 Å². The van der Waals surface area contributed by atoms with Gasteiger partial charge in [-0.05, 0) is 23.9 Å². The van der Waals surface area contributed by atoms with E-state index in [4.69, 9.17) is 27.9 Å². The highest BCUT2D eigenvalue weighted by Gasteiger charge is 2.40. The molecule has 0 radical (unpaired) electrons. The zero-order chi connectivity index (χ0) is 31.9. The van der Waals surface area contributed by atoms with E-state index in [1.165, 1.54) is 11.0 Å². The molecule has 236 valence electrons. The molecular weight excluding hydrogens is 614 g/mol. The van der Waals surface area contributed by atoms with Crippen molar-refractivity contribution in [2.75, 3.05) is 55.7 Å². The third-order valence-electron chi connectivity index (χ3n) is 8.46. The van der Waals surface area contributed by atoms with Crippen LogP contribution in [0, 0.1) is 12.4 Å². The van der Waals surface area contributed by atoms with Crippen LogP contribution in [0.3, 0.4) is 0 Å². The van der Waals surface area contributed by atoms with E-state index in [9.17, 15) is 22.4 Å². The molecule has 2 fully saturated rings. The van der Waals surface area contributed by atoms with Gasteiger partial charge in [-0.2, -0.15) is 9.97 Å². The molecule has 2 saturated heterocycles. The van der Waals surface area contributed by atoms with E-state index in [2.05, 4.69) is 21.7 Å². The second kappa shape index (κ2) is 12.3. The number of piperazine rings is 1. The molecule has 3 aliphatic rings. The van der Waals surface area contributed by atoms with Crippen molar-refractivity contribution in [3.8, 4) is 6.01 Å². The van der Waals surface area contributed by atoms with Gasteiger partial charge in [0, 0.05) is 55.3 Å². The van der Waals surface area contributed by atoms with Gasteiger partial charge in [0.15, 0.2) is 5.83 Å². The first-order chi connectivity index (χ1) is 21.5.